The van der Waals surface area contributed by atoms with Crippen molar-refractivity contribution >= 4 is 17.7 Å². The van der Waals surface area contributed by atoms with Crippen molar-refractivity contribution in [1.29, 1.82) is 0 Å². The van der Waals surface area contributed by atoms with Crippen LogP contribution < -0.4 is 16.0 Å². The largest absolute Gasteiger partial charge is 0.353 e. The summed E-state index contributed by atoms with van der Waals surface area (Å²) in [5.74, 6) is -0.774. The second kappa shape index (κ2) is 11.5. The molecule has 0 bridgehead atoms. The van der Waals surface area contributed by atoms with E-state index in [-0.39, 0.29) is 23.8 Å². The first kappa shape index (κ1) is 18.6. The molecule has 0 aliphatic carbocycles. The molecule has 3 amide bonds. The topological polar surface area (TPSA) is 87.3 Å². The van der Waals surface area contributed by atoms with E-state index >= 15 is 0 Å². The van der Waals surface area contributed by atoms with Crippen LogP contribution in [0.3, 0.4) is 0 Å². The summed E-state index contributed by atoms with van der Waals surface area (Å²) in [6, 6.07) is -0.186. The summed E-state index contributed by atoms with van der Waals surface area (Å²) in [7, 11) is 0. The molecule has 0 aromatic rings. The molecule has 1 atom stereocenters. The molecular weight excluding hydrogens is 270 g/mol. The summed E-state index contributed by atoms with van der Waals surface area (Å²) in [6.45, 7) is 11.0. The van der Waals surface area contributed by atoms with Crippen molar-refractivity contribution in [2.45, 2.75) is 25.3 Å². The second-order valence-corrected chi connectivity index (χ2v) is 4.35. The molecule has 0 radical (unpaired) electrons. The van der Waals surface area contributed by atoms with Crippen LogP contribution in [-0.4, -0.2) is 36.9 Å². The summed E-state index contributed by atoms with van der Waals surface area (Å²) in [4.78, 5) is 33.4. The van der Waals surface area contributed by atoms with Gasteiger partial charge >= 0.3 is 0 Å². The number of carbonyl (C=O) groups excluding carboxylic acids is 3. The van der Waals surface area contributed by atoms with Crippen molar-refractivity contribution < 1.29 is 14.4 Å². The van der Waals surface area contributed by atoms with E-state index in [1.807, 2.05) is 0 Å². The van der Waals surface area contributed by atoms with Crippen LogP contribution in [0.2, 0.25) is 0 Å². The SMILES string of the molecule is C=CC(=O)NCCCCC(CNC(=O)C=C)NC(=O)C=C. The van der Waals surface area contributed by atoms with Gasteiger partial charge in [-0.25, -0.2) is 0 Å². The molecule has 0 saturated carbocycles. The Labute approximate surface area is 125 Å². The van der Waals surface area contributed by atoms with E-state index in [0.29, 0.717) is 19.5 Å². The average molecular weight is 293 g/mol. The van der Waals surface area contributed by atoms with E-state index in [0.717, 1.165) is 12.8 Å². The highest BCUT2D eigenvalue weighted by atomic mass is 16.2. The van der Waals surface area contributed by atoms with Crippen LogP contribution in [0.5, 0.6) is 0 Å². The van der Waals surface area contributed by atoms with Crippen LogP contribution in [0.15, 0.2) is 38.0 Å². The second-order valence-electron chi connectivity index (χ2n) is 4.35. The Morgan fingerprint density at radius 3 is 2.00 bits per heavy atom. The molecule has 3 N–H and O–H groups in total. The number of hydrogen-bond donors (Lipinski definition) is 3. The first-order chi connectivity index (χ1) is 10.0. The Kier molecular flexibility index (Phi) is 10.2. The van der Waals surface area contributed by atoms with Gasteiger partial charge in [0, 0.05) is 19.1 Å². The van der Waals surface area contributed by atoms with Gasteiger partial charge in [0.15, 0.2) is 0 Å². The molecule has 6 heteroatoms. The minimum Gasteiger partial charge on any atom is -0.353 e. The zero-order valence-corrected chi connectivity index (χ0v) is 12.2. The zero-order chi connectivity index (χ0) is 16.1. The Balaban J connectivity index is 4.08. The molecule has 1 unspecified atom stereocenters. The number of nitrogens with one attached hydrogen (secondary N) is 3. The summed E-state index contributed by atoms with van der Waals surface area (Å²) >= 11 is 0. The molecule has 0 aliphatic heterocycles. The molecule has 0 fully saturated rings. The maximum Gasteiger partial charge on any atom is 0.243 e. The monoisotopic (exact) mass is 293 g/mol. The highest BCUT2D eigenvalue weighted by Crippen LogP contribution is 2.00. The van der Waals surface area contributed by atoms with Crippen molar-refractivity contribution in [2.75, 3.05) is 13.1 Å². The lowest BCUT2D eigenvalue weighted by atomic mass is 10.1. The highest BCUT2D eigenvalue weighted by Gasteiger charge is 2.11. The zero-order valence-electron chi connectivity index (χ0n) is 12.2. The summed E-state index contributed by atoms with van der Waals surface area (Å²) in [6.07, 6.45) is 5.83. The third-order valence-electron chi connectivity index (χ3n) is 2.70. The highest BCUT2D eigenvalue weighted by molar-refractivity contribution is 5.88. The lowest BCUT2D eigenvalue weighted by molar-refractivity contribution is -0.119. The maximum atomic E-state index is 11.3. The van der Waals surface area contributed by atoms with E-state index in [9.17, 15) is 14.4 Å². The van der Waals surface area contributed by atoms with Gasteiger partial charge in [0.1, 0.15) is 0 Å². The van der Waals surface area contributed by atoms with E-state index in [2.05, 4.69) is 35.7 Å². The maximum absolute atomic E-state index is 11.3. The summed E-state index contributed by atoms with van der Waals surface area (Å²) in [5, 5.41) is 8.06. The van der Waals surface area contributed by atoms with Crippen molar-refractivity contribution in [3.05, 3.63) is 38.0 Å². The van der Waals surface area contributed by atoms with Gasteiger partial charge < -0.3 is 16.0 Å². The van der Waals surface area contributed by atoms with E-state index < -0.39 is 0 Å². The van der Waals surface area contributed by atoms with E-state index in [1.165, 1.54) is 18.2 Å². The van der Waals surface area contributed by atoms with Gasteiger partial charge in [0.2, 0.25) is 17.7 Å². The fraction of sp³-hybridized carbons (Fsp3) is 0.400. The molecule has 0 heterocycles. The van der Waals surface area contributed by atoms with Gasteiger partial charge in [-0.1, -0.05) is 19.7 Å². The van der Waals surface area contributed by atoms with Gasteiger partial charge in [-0.15, -0.1) is 0 Å². The molecule has 0 saturated heterocycles. The van der Waals surface area contributed by atoms with Gasteiger partial charge in [-0.3, -0.25) is 14.4 Å². The van der Waals surface area contributed by atoms with Gasteiger partial charge in [-0.05, 0) is 37.5 Å². The standard InChI is InChI=1S/C15H23N3O3/c1-4-13(19)16-10-8-7-9-12(18-15(21)6-3)11-17-14(20)5-2/h4-6,12H,1-3,7-11H2,(H,16,19)(H,17,20)(H,18,21). The number of hydrogen-bond acceptors (Lipinski definition) is 3. The quantitative estimate of drug-likeness (QED) is 0.381. The smallest absolute Gasteiger partial charge is 0.243 e. The van der Waals surface area contributed by atoms with E-state index in [4.69, 9.17) is 0 Å². The Morgan fingerprint density at radius 1 is 0.857 bits per heavy atom. The van der Waals surface area contributed by atoms with Crippen LogP contribution in [0.4, 0.5) is 0 Å². The molecule has 116 valence electrons. The van der Waals surface area contributed by atoms with Crippen LogP contribution in [-0.2, 0) is 14.4 Å². The summed E-state index contributed by atoms with van der Waals surface area (Å²) < 4.78 is 0. The number of rotatable bonds is 11. The van der Waals surface area contributed by atoms with Crippen molar-refractivity contribution in [1.82, 2.24) is 16.0 Å². The van der Waals surface area contributed by atoms with Crippen molar-refractivity contribution in [3.63, 3.8) is 0 Å². The Morgan fingerprint density at radius 2 is 1.43 bits per heavy atom. The van der Waals surface area contributed by atoms with Crippen molar-refractivity contribution in [3.8, 4) is 0 Å². The molecule has 21 heavy (non-hydrogen) atoms. The van der Waals surface area contributed by atoms with Gasteiger partial charge in [0.05, 0.1) is 0 Å². The number of carbonyl (C=O) groups is 3. The third-order valence-corrected chi connectivity index (χ3v) is 2.70. The Hall–Kier alpha value is -2.37. The predicted molar refractivity (Wildman–Crippen MR) is 82.4 cm³/mol. The summed E-state index contributed by atoms with van der Waals surface area (Å²) in [5.41, 5.74) is 0. The molecular formula is C15H23N3O3. The third kappa shape index (κ3) is 10.1. The number of unbranched alkanes of at least 4 members (excludes halogenated alkanes) is 1. The number of amides is 3. The molecule has 0 aromatic carbocycles. The normalized spacial score (nSPS) is 10.9. The van der Waals surface area contributed by atoms with Gasteiger partial charge in [-0.2, -0.15) is 0 Å². The van der Waals surface area contributed by atoms with E-state index in [1.54, 1.807) is 0 Å². The lowest BCUT2D eigenvalue weighted by Gasteiger charge is -2.18. The lowest BCUT2D eigenvalue weighted by Crippen LogP contribution is -2.42. The minimum absolute atomic E-state index is 0.186. The van der Waals surface area contributed by atoms with Crippen LogP contribution in [0.1, 0.15) is 19.3 Å². The van der Waals surface area contributed by atoms with Crippen LogP contribution >= 0.6 is 0 Å². The molecule has 0 spiro atoms. The van der Waals surface area contributed by atoms with Gasteiger partial charge in [0.25, 0.3) is 0 Å². The first-order valence-corrected chi connectivity index (χ1v) is 6.77. The minimum atomic E-state index is -0.286. The fourth-order valence-electron chi connectivity index (χ4n) is 1.58. The Bertz CT molecular complexity index is 405. The van der Waals surface area contributed by atoms with Crippen LogP contribution in [0, 0.1) is 0 Å². The molecule has 6 nitrogen and oxygen atoms in total. The molecule has 0 aliphatic rings. The first-order valence-electron chi connectivity index (χ1n) is 6.77. The molecule has 0 rings (SSSR count). The predicted octanol–water partition coefficient (Wildman–Crippen LogP) is 0.432. The van der Waals surface area contributed by atoms with Crippen molar-refractivity contribution in [2.24, 2.45) is 0 Å². The molecule has 0 aromatic heterocycles. The van der Waals surface area contributed by atoms with Crippen LogP contribution in [0.25, 0.3) is 0 Å². The average Bonchev–Trinajstić information content (AvgIpc) is 2.50. The fourth-order valence-corrected chi connectivity index (χ4v) is 1.58.